The molecule has 23 heavy (non-hydrogen) atoms. The summed E-state index contributed by atoms with van der Waals surface area (Å²) in [5.41, 5.74) is -0.354. The van der Waals surface area contributed by atoms with Crippen molar-refractivity contribution in [2.45, 2.75) is 19.4 Å². The molecular formula is C15H22N2O5S. The molecule has 0 aromatic carbocycles. The highest BCUT2D eigenvalue weighted by Crippen LogP contribution is 2.18. The van der Waals surface area contributed by atoms with E-state index in [0.717, 1.165) is 12.8 Å². The predicted molar refractivity (Wildman–Crippen MR) is 86.3 cm³/mol. The van der Waals surface area contributed by atoms with Crippen LogP contribution in [0.2, 0.25) is 0 Å². The van der Waals surface area contributed by atoms with Gasteiger partial charge in [-0.15, -0.1) is 0 Å². The maximum absolute atomic E-state index is 12.4. The summed E-state index contributed by atoms with van der Waals surface area (Å²) in [7, 11) is -1.65. The van der Waals surface area contributed by atoms with Crippen molar-refractivity contribution < 1.29 is 17.9 Å². The van der Waals surface area contributed by atoms with E-state index in [1.807, 2.05) is 0 Å². The van der Waals surface area contributed by atoms with Crippen molar-refractivity contribution in [2.75, 3.05) is 32.2 Å². The molecule has 0 saturated carbocycles. The molecule has 1 fully saturated rings. The average Bonchev–Trinajstić information content (AvgIpc) is 2.48. The first-order valence-corrected chi connectivity index (χ1v) is 9.55. The van der Waals surface area contributed by atoms with Crippen LogP contribution in [0.3, 0.4) is 0 Å². The molecule has 1 amide bonds. The number of methoxy groups -OCH3 is 1. The molecular weight excluding hydrogens is 320 g/mol. The number of nitrogens with zero attached hydrogens (tertiary/aromatic N) is 2. The van der Waals surface area contributed by atoms with Gasteiger partial charge in [-0.25, -0.2) is 8.42 Å². The third-order valence-electron chi connectivity index (χ3n) is 3.92. The van der Waals surface area contributed by atoms with Crippen LogP contribution in [0.25, 0.3) is 0 Å². The number of carbonyl (C=O) groups is 1. The molecule has 1 aliphatic heterocycles. The smallest absolute Gasteiger partial charge is 0.293 e. The van der Waals surface area contributed by atoms with Crippen molar-refractivity contribution in [1.82, 2.24) is 9.47 Å². The van der Waals surface area contributed by atoms with Gasteiger partial charge in [0, 0.05) is 25.5 Å². The molecule has 1 saturated heterocycles. The minimum atomic E-state index is -3.06. The molecule has 1 atom stereocenters. The number of hydrogen-bond donors (Lipinski definition) is 0. The number of ether oxygens (including phenoxy) is 1. The van der Waals surface area contributed by atoms with E-state index in [1.165, 1.54) is 17.9 Å². The van der Waals surface area contributed by atoms with Gasteiger partial charge < -0.3 is 14.2 Å². The molecule has 1 aromatic rings. The number of sulfone groups is 1. The molecule has 0 N–H and O–H groups in total. The van der Waals surface area contributed by atoms with Gasteiger partial charge in [0.15, 0.2) is 5.75 Å². The first-order valence-electron chi connectivity index (χ1n) is 7.49. The molecule has 2 heterocycles. The Morgan fingerprint density at radius 3 is 2.83 bits per heavy atom. The molecule has 0 aliphatic carbocycles. The summed E-state index contributed by atoms with van der Waals surface area (Å²) in [6.45, 7) is 0.948. The zero-order chi connectivity index (χ0) is 17.0. The fraction of sp³-hybridized carbons (Fsp3) is 0.600. The van der Waals surface area contributed by atoms with Crippen molar-refractivity contribution in [3.05, 3.63) is 28.7 Å². The molecule has 1 aliphatic rings. The molecule has 0 spiro atoms. The maximum Gasteiger partial charge on any atom is 0.293 e. The molecule has 7 nitrogen and oxygen atoms in total. The van der Waals surface area contributed by atoms with Crippen LogP contribution in [-0.4, -0.2) is 56.0 Å². The zero-order valence-corrected chi connectivity index (χ0v) is 14.2. The summed E-state index contributed by atoms with van der Waals surface area (Å²) in [4.78, 5) is 26.1. The van der Waals surface area contributed by atoms with Gasteiger partial charge in [0.2, 0.25) is 5.91 Å². The third kappa shape index (κ3) is 4.82. The minimum Gasteiger partial charge on any atom is -0.491 e. The lowest BCUT2D eigenvalue weighted by atomic mass is 10.00. The van der Waals surface area contributed by atoms with Gasteiger partial charge in [-0.1, -0.05) is 0 Å². The number of rotatable bonds is 5. The Morgan fingerprint density at radius 2 is 2.17 bits per heavy atom. The van der Waals surface area contributed by atoms with E-state index in [1.54, 1.807) is 23.2 Å². The minimum absolute atomic E-state index is 0.0373. The maximum atomic E-state index is 12.4. The second-order valence-electron chi connectivity index (χ2n) is 5.95. The molecule has 8 heteroatoms. The topological polar surface area (TPSA) is 85.7 Å². The molecule has 0 radical (unpaired) electrons. The second kappa shape index (κ2) is 7.16. The summed E-state index contributed by atoms with van der Waals surface area (Å²) in [6.07, 6.45) is 4.33. The summed E-state index contributed by atoms with van der Waals surface area (Å²) < 4.78 is 29.1. The van der Waals surface area contributed by atoms with Crippen LogP contribution in [0, 0.1) is 5.92 Å². The Balaban J connectivity index is 2.05. The Bertz CT molecular complexity index is 726. The highest BCUT2D eigenvalue weighted by atomic mass is 32.2. The number of aromatic nitrogens is 1. The van der Waals surface area contributed by atoms with Gasteiger partial charge in [-0.05, 0) is 30.9 Å². The van der Waals surface area contributed by atoms with Crippen LogP contribution >= 0.6 is 0 Å². The molecule has 0 bridgehead atoms. The predicted octanol–water partition coefficient (Wildman–Crippen LogP) is 0.140. The lowest BCUT2D eigenvalue weighted by Gasteiger charge is -2.32. The fourth-order valence-electron chi connectivity index (χ4n) is 2.90. The normalized spacial score (nSPS) is 18.7. The standard InChI is InChI=1S/C15H22N2O5S/c1-22-13-6-4-8-17(15(13)19)10-14(18)16-7-3-5-12(9-16)11-23(2,20)21/h4,6,8,12H,3,5,7,9-11H2,1-2H3/t12-/m1/s1. The monoisotopic (exact) mass is 342 g/mol. The first kappa shape index (κ1) is 17.5. The van der Waals surface area contributed by atoms with E-state index < -0.39 is 9.84 Å². The van der Waals surface area contributed by atoms with Crippen LogP contribution in [0.5, 0.6) is 5.75 Å². The second-order valence-corrected chi connectivity index (χ2v) is 8.13. The van der Waals surface area contributed by atoms with E-state index >= 15 is 0 Å². The van der Waals surface area contributed by atoms with Gasteiger partial charge in [-0.3, -0.25) is 9.59 Å². The Kier molecular flexibility index (Phi) is 5.46. The van der Waals surface area contributed by atoms with Crippen LogP contribution < -0.4 is 10.3 Å². The van der Waals surface area contributed by atoms with E-state index in [2.05, 4.69) is 0 Å². The van der Waals surface area contributed by atoms with Gasteiger partial charge in [0.25, 0.3) is 5.56 Å². The first-order chi connectivity index (χ1) is 10.8. The van der Waals surface area contributed by atoms with E-state index in [-0.39, 0.29) is 35.4 Å². The van der Waals surface area contributed by atoms with Crippen molar-refractivity contribution in [3.63, 3.8) is 0 Å². The lowest BCUT2D eigenvalue weighted by molar-refractivity contribution is -0.133. The SMILES string of the molecule is COc1cccn(CC(=O)N2CCC[C@@H](CS(C)(=O)=O)C2)c1=O. The van der Waals surface area contributed by atoms with E-state index in [9.17, 15) is 18.0 Å². The number of carbonyl (C=O) groups excluding carboxylic acids is 1. The highest BCUT2D eigenvalue weighted by Gasteiger charge is 2.26. The van der Waals surface area contributed by atoms with Crippen molar-refractivity contribution >= 4 is 15.7 Å². The van der Waals surface area contributed by atoms with Gasteiger partial charge >= 0.3 is 0 Å². The zero-order valence-electron chi connectivity index (χ0n) is 13.4. The Labute approximate surface area is 135 Å². The van der Waals surface area contributed by atoms with Gasteiger partial charge in [-0.2, -0.15) is 0 Å². The lowest BCUT2D eigenvalue weighted by Crippen LogP contribution is -2.44. The fourth-order valence-corrected chi connectivity index (χ4v) is 4.02. The van der Waals surface area contributed by atoms with E-state index in [4.69, 9.17) is 4.74 Å². The van der Waals surface area contributed by atoms with Crippen LogP contribution in [0.4, 0.5) is 0 Å². The number of piperidine rings is 1. The van der Waals surface area contributed by atoms with Crippen molar-refractivity contribution in [2.24, 2.45) is 5.92 Å². The quantitative estimate of drug-likeness (QED) is 0.760. The van der Waals surface area contributed by atoms with Gasteiger partial charge in [0.1, 0.15) is 16.4 Å². The summed E-state index contributed by atoms with van der Waals surface area (Å²) in [5, 5.41) is 0. The van der Waals surface area contributed by atoms with Crippen LogP contribution in [0.15, 0.2) is 23.1 Å². The molecule has 2 rings (SSSR count). The Hall–Kier alpha value is -1.83. The van der Waals surface area contributed by atoms with Gasteiger partial charge in [0.05, 0.1) is 12.9 Å². The van der Waals surface area contributed by atoms with E-state index in [0.29, 0.717) is 13.1 Å². The Morgan fingerprint density at radius 1 is 1.43 bits per heavy atom. The van der Waals surface area contributed by atoms with Crippen LogP contribution in [-0.2, 0) is 21.2 Å². The molecule has 1 aromatic heterocycles. The summed E-state index contributed by atoms with van der Waals surface area (Å²) in [5.74, 6) is 0.0628. The third-order valence-corrected chi connectivity index (χ3v) is 5.00. The summed E-state index contributed by atoms with van der Waals surface area (Å²) >= 11 is 0. The van der Waals surface area contributed by atoms with Crippen molar-refractivity contribution in [3.8, 4) is 5.75 Å². The average molecular weight is 342 g/mol. The van der Waals surface area contributed by atoms with Crippen molar-refractivity contribution in [1.29, 1.82) is 0 Å². The molecule has 0 unspecified atom stereocenters. The number of hydrogen-bond acceptors (Lipinski definition) is 5. The summed E-state index contributed by atoms with van der Waals surface area (Å²) in [6, 6.07) is 3.20. The number of amides is 1. The number of likely N-dealkylation sites (tertiary alicyclic amines) is 1. The molecule has 128 valence electrons. The van der Waals surface area contributed by atoms with Crippen LogP contribution in [0.1, 0.15) is 12.8 Å². The highest BCUT2D eigenvalue weighted by molar-refractivity contribution is 7.90. The number of pyridine rings is 1. The largest absolute Gasteiger partial charge is 0.491 e.